The summed E-state index contributed by atoms with van der Waals surface area (Å²) in [4.78, 5) is 17.2. The molecule has 2 aliphatic rings. The summed E-state index contributed by atoms with van der Waals surface area (Å²) >= 11 is 12.7. The van der Waals surface area contributed by atoms with Crippen molar-refractivity contribution in [2.75, 3.05) is 26.7 Å². The van der Waals surface area contributed by atoms with Gasteiger partial charge in [-0.15, -0.1) is 0 Å². The molecule has 2 aromatic rings. The number of hydrogen-bond donors (Lipinski definition) is 0. The Balaban J connectivity index is 1.50. The number of hydrogen-bond acceptors (Lipinski definition) is 2. The van der Waals surface area contributed by atoms with Gasteiger partial charge in [-0.25, -0.2) is 0 Å². The van der Waals surface area contributed by atoms with Gasteiger partial charge in [0.1, 0.15) is 0 Å². The van der Waals surface area contributed by atoms with E-state index in [0.717, 1.165) is 37.2 Å². The van der Waals surface area contributed by atoms with E-state index in [1.807, 2.05) is 30.1 Å². The highest BCUT2D eigenvalue weighted by Crippen LogP contribution is 2.38. The third-order valence-electron chi connectivity index (χ3n) is 6.15. The summed E-state index contributed by atoms with van der Waals surface area (Å²) in [5.41, 5.74) is 3.02. The van der Waals surface area contributed by atoms with Gasteiger partial charge in [0.15, 0.2) is 0 Å². The third-order valence-corrected chi connectivity index (χ3v) is 6.78. The van der Waals surface area contributed by atoms with Gasteiger partial charge in [-0.05, 0) is 55.6 Å². The molecular formula is C23H26Cl2N2O. The van der Waals surface area contributed by atoms with E-state index < -0.39 is 0 Å². The number of benzene rings is 2. The number of carbonyl (C=O) groups excluding carboxylic acids is 1. The lowest BCUT2D eigenvalue weighted by atomic mass is 9.96. The molecule has 4 rings (SSSR count). The lowest BCUT2D eigenvalue weighted by molar-refractivity contribution is -0.131. The van der Waals surface area contributed by atoms with Gasteiger partial charge < -0.3 is 9.80 Å². The Hall–Kier alpha value is -1.55. The second kappa shape index (κ2) is 8.44. The maximum Gasteiger partial charge on any atom is 0.227 e. The number of nitrogens with zero attached hydrogens (tertiary/aromatic N) is 2. The lowest BCUT2D eigenvalue weighted by Crippen LogP contribution is -2.36. The predicted octanol–water partition coefficient (Wildman–Crippen LogP) is 5.67. The topological polar surface area (TPSA) is 23.6 Å². The molecule has 1 amide bonds. The molecule has 0 spiro atoms. The van der Waals surface area contributed by atoms with Crippen LogP contribution in [0.1, 0.15) is 37.3 Å². The van der Waals surface area contributed by atoms with E-state index in [1.165, 1.54) is 24.8 Å². The van der Waals surface area contributed by atoms with E-state index >= 15 is 0 Å². The fraction of sp³-hybridized carbons (Fsp3) is 0.435. The van der Waals surface area contributed by atoms with Crippen molar-refractivity contribution in [1.29, 1.82) is 0 Å². The monoisotopic (exact) mass is 416 g/mol. The van der Waals surface area contributed by atoms with Crippen molar-refractivity contribution in [2.45, 2.75) is 31.7 Å². The van der Waals surface area contributed by atoms with Crippen LogP contribution >= 0.6 is 23.2 Å². The summed E-state index contributed by atoms with van der Waals surface area (Å²) in [5, 5.41) is 1.30. The quantitative estimate of drug-likeness (QED) is 0.640. The highest BCUT2D eigenvalue weighted by atomic mass is 35.5. The standard InChI is InChI=1S/C23H26Cl2N2O/c1-26-21(14-18(23(26)28)15-27-12-3-2-4-13-27)16-8-10-17(11-9-16)22-19(24)6-5-7-20(22)25/h5-11,18,21H,2-4,12-15H2,1H3/t18-,21+/m0/s1. The minimum atomic E-state index is 0.103. The normalized spacial score (nSPS) is 23.4. The van der Waals surface area contributed by atoms with E-state index in [0.29, 0.717) is 10.0 Å². The van der Waals surface area contributed by atoms with Crippen LogP contribution in [0.25, 0.3) is 11.1 Å². The molecule has 0 bridgehead atoms. The molecule has 2 fully saturated rings. The van der Waals surface area contributed by atoms with E-state index in [-0.39, 0.29) is 17.9 Å². The summed E-state index contributed by atoms with van der Waals surface area (Å²) in [6, 6.07) is 14.0. The van der Waals surface area contributed by atoms with Gasteiger partial charge in [0.2, 0.25) is 5.91 Å². The Morgan fingerprint density at radius 1 is 0.964 bits per heavy atom. The molecule has 28 heavy (non-hydrogen) atoms. The number of carbonyl (C=O) groups is 1. The summed E-state index contributed by atoms with van der Waals surface area (Å²) in [6.07, 6.45) is 4.72. The predicted molar refractivity (Wildman–Crippen MR) is 116 cm³/mol. The highest BCUT2D eigenvalue weighted by Gasteiger charge is 2.38. The molecule has 0 unspecified atom stereocenters. The van der Waals surface area contributed by atoms with E-state index in [1.54, 1.807) is 0 Å². The van der Waals surface area contributed by atoms with Gasteiger partial charge in [0.05, 0.1) is 12.0 Å². The van der Waals surface area contributed by atoms with Crippen molar-refractivity contribution in [3.8, 4) is 11.1 Å². The van der Waals surface area contributed by atoms with Crippen LogP contribution in [0, 0.1) is 5.92 Å². The van der Waals surface area contributed by atoms with Gasteiger partial charge in [-0.3, -0.25) is 4.79 Å². The van der Waals surface area contributed by atoms with Gasteiger partial charge in [0, 0.05) is 29.2 Å². The minimum Gasteiger partial charge on any atom is -0.338 e. The SMILES string of the molecule is CN1C(=O)[C@H](CN2CCCCC2)C[C@@H]1c1ccc(-c2c(Cl)cccc2Cl)cc1. The summed E-state index contributed by atoms with van der Waals surface area (Å²) < 4.78 is 0. The Morgan fingerprint density at radius 2 is 1.61 bits per heavy atom. The first-order chi connectivity index (χ1) is 13.5. The van der Waals surface area contributed by atoms with Crippen LogP contribution in [0.15, 0.2) is 42.5 Å². The van der Waals surface area contributed by atoms with Gasteiger partial charge in [-0.1, -0.05) is 60.0 Å². The zero-order valence-corrected chi connectivity index (χ0v) is 17.7. The second-order valence-corrected chi connectivity index (χ2v) is 8.79. The van der Waals surface area contributed by atoms with E-state index in [2.05, 4.69) is 29.2 Å². The molecule has 2 aliphatic heterocycles. The maximum atomic E-state index is 12.8. The molecule has 3 nitrogen and oxygen atoms in total. The number of piperidine rings is 1. The van der Waals surface area contributed by atoms with Crippen molar-refractivity contribution in [3.05, 3.63) is 58.1 Å². The van der Waals surface area contributed by atoms with Crippen LogP contribution in [-0.2, 0) is 4.79 Å². The van der Waals surface area contributed by atoms with E-state index in [4.69, 9.17) is 23.2 Å². The molecule has 0 saturated carbocycles. The first-order valence-electron chi connectivity index (χ1n) is 10.1. The first kappa shape index (κ1) is 19.8. The van der Waals surface area contributed by atoms with Gasteiger partial charge in [-0.2, -0.15) is 0 Å². The van der Waals surface area contributed by atoms with Crippen molar-refractivity contribution in [2.24, 2.45) is 5.92 Å². The van der Waals surface area contributed by atoms with Crippen molar-refractivity contribution in [1.82, 2.24) is 9.80 Å². The van der Waals surface area contributed by atoms with Crippen LogP contribution < -0.4 is 0 Å². The Bertz CT molecular complexity index is 826. The number of halogens is 2. The molecule has 0 aromatic heterocycles. The summed E-state index contributed by atoms with van der Waals surface area (Å²) in [6.45, 7) is 3.16. The van der Waals surface area contributed by atoms with Gasteiger partial charge >= 0.3 is 0 Å². The zero-order valence-electron chi connectivity index (χ0n) is 16.2. The fourth-order valence-corrected chi connectivity index (χ4v) is 5.20. The minimum absolute atomic E-state index is 0.103. The van der Waals surface area contributed by atoms with Crippen LogP contribution in [0.4, 0.5) is 0 Å². The molecular weight excluding hydrogens is 391 g/mol. The third kappa shape index (κ3) is 3.94. The molecule has 0 radical (unpaired) electrons. The van der Waals surface area contributed by atoms with Crippen molar-refractivity contribution in [3.63, 3.8) is 0 Å². The Labute approximate surface area is 177 Å². The molecule has 148 valence electrons. The molecule has 2 heterocycles. The van der Waals surface area contributed by atoms with Crippen molar-refractivity contribution >= 4 is 29.1 Å². The maximum absolute atomic E-state index is 12.8. The van der Waals surface area contributed by atoms with Crippen LogP contribution in [-0.4, -0.2) is 42.4 Å². The van der Waals surface area contributed by atoms with Crippen LogP contribution in [0.5, 0.6) is 0 Å². The summed E-state index contributed by atoms with van der Waals surface area (Å²) in [7, 11) is 1.93. The molecule has 0 N–H and O–H groups in total. The van der Waals surface area contributed by atoms with Crippen molar-refractivity contribution < 1.29 is 4.79 Å². The molecule has 2 aromatic carbocycles. The fourth-order valence-electron chi connectivity index (χ4n) is 4.58. The Morgan fingerprint density at radius 3 is 2.25 bits per heavy atom. The number of amides is 1. The van der Waals surface area contributed by atoms with Crippen LogP contribution in [0.3, 0.4) is 0 Å². The molecule has 5 heteroatoms. The average molecular weight is 417 g/mol. The van der Waals surface area contributed by atoms with Gasteiger partial charge in [0.25, 0.3) is 0 Å². The average Bonchev–Trinajstić information content (AvgIpc) is 2.98. The van der Waals surface area contributed by atoms with E-state index in [9.17, 15) is 4.79 Å². The summed E-state index contributed by atoms with van der Waals surface area (Å²) in [5.74, 6) is 0.375. The zero-order chi connectivity index (χ0) is 19.7. The highest BCUT2D eigenvalue weighted by molar-refractivity contribution is 6.39. The number of rotatable bonds is 4. The molecule has 2 atom stereocenters. The molecule has 0 aliphatic carbocycles. The van der Waals surface area contributed by atoms with Crippen LogP contribution in [0.2, 0.25) is 10.0 Å². The number of likely N-dealkylation sites (tertiary alicyclic amines) is 2. The first-order valence-corrected chi connectivity index (χ1v) is 10.8. The lowest BCUT2D eigenvalue weighted by Gasteiger charge is -2.28. The second-order valence-electron chi connectivity index (χ2n) is 7.98. The Kier molecular flexibility index (Phi) is 5.96. The largest absolute Gasteiger partial charge is 0.338 e. The smallest absolute Gasteiger partial charge is 0.227 e. The molecule has 2 saturated heterocycles.